The third-order valence-electron chi connectivity index (χ3n) is 5.68. The number of carbonyl (C=O) groups is 1. The number of rotatable bonds is 3. The van der Waals surface area contributed by atoms with Gasteiger partial charge in [-0.1, -0.05) is 20.3 Å². The van der Waals surface area contributed by atoms with Gasteiger partial charge in [-0.2, -0.15) is 5.10 Å². The summed E-state index contributed by atoms with van der Waals surface area (Å²) in [6, 6.07) is 0.757. The maximum Gasteiger partial charge on any atom is 0.257 e. The molecular formula is C20H34N4O. The van der Waals surface area contributed by atoms with E-state index < -0.39 is 0 Å². The van der Waals surface area contributed by atoms with Crippen LogP contribution in [-0.2, 0) is 12.0 Å². The van der Waals surface area contributed by atoms with Crippen LogP contribution in [-0.4, -0.2) is 57.7 Å². The maximum absolute atomic E-state index is 13.2. The van der Waals surface area contributed by atoms with Crippen molar-refractivity contribution in [2.75, 3.05) is 26.2 Å². The Morgan fingerprint density at radius 2 is 1.96 bits per heavy atom. The highest BCUT2D eigenvalue weighted by atomic mass is 16.2. The highest BCUT2D eigenvalue weighted by molar-refractivity contribution is 5.95. The summed E-state index contributed by atoms with van der Waals surface area (Å²) in [5, 5.41) is 4.54. The summed E-state index contributed by atoms with van der Waals surface area (Å²) in [6.07, 6.45) is 6.64. The molecule has 0 radical (unpaired) electrons. The number of aromatic nitrogens is 2. The van der Waals surface area contributed by atoms with Crippen molar-refractivity contribution in [3.05, 3.63) is 17.5 Å². The Morgan fingerprint density at radius 1 is 1.24 bits per heavy atom. The molecule has 1 atom stereocenters. The number of hydrogen-bond acceptors (Lipinski definition) is 3. The molecule has 2 fully saturated rings. The Kier molecular flexibility index (Phi) is 5.24. The van der Waals surface area contributed by atoms with E-state index >= 15 is 0 Å². The van der Waals surface area contributed by atoms with E-state index in [0.717, 1.165) is 49.9 Å². The van der Waals surface area contributed by atoms with Crippen molar-refractivity contribution in [2.24, 2.45) is 5.92 Å². The predicted octanol–water partition coefficient (Wildman–Crippen LogP) is 3.15. The van der Waals surface area contributed by atoms with Gasteiger partial charge in [-0.25, -0.2) is 0 Å². The van der Waals surface area contributed by atoms with Gasteiger partial charge in [0, 0.05) is 32.2 Å². The molecule has 0 bridgehead atoms. The van der Waals surface area contributed by atoms with Gasteiger partial charge in [0.05, 0.1) is 23.0 Å². The van der Waals surface area contributed by atoms with E-state index in [0.29, 0.717) is 5.92 Å². The first-order chi connectivity index (χ1) is 11.8. The van der Waals surface area contributed by atoms with Crippen LogP contribution in [0.25, 0.3) is 0 Å². The van der Waals surface area contributed by atoms with Crippen LogP contribution in [0.3, 0.4) is 0 Å². The zero-order valence-electron chi connectivity index (χ0n) is 16.6. The lowest BCUT2D eigenvalue weighted by Crippen LogP contribution is -2.43. The maximum atomic E-state index is 13.2. The molecular weight excluding hydrogens is 312 g/mol. The van der Waals surface area contributed by atoms with Gasteiger partial charge in [0.15, 0.2) is 0 Å². The lowest BCUT2D eigenvalue weighted by molar-refractivity contribution is 0.0742. The van der Waals surface area contributed by atoms with Crippen LogP contribution in [0.2, 0.25) is 0 Å². The summed E-state index contributed by atoms with van der Waals surface area (Å²) >= 11 is 0. The van der Waals surface area contributed by atoms with E-state index in [2.05, 4.69) is 49.5 Å². The summed E-state index contributed by atoms with van der Waals surface area (Å²) in [5.74, 6) is 0.685. The van der Waals surface area contributed by atoms with Gasteiger partial charge in [0.2, 0.25) is 0 Å². The minimum absolute atomic E-state index is 0.100. The number of carbonyl (C=O) groups excluding carboxylic acids is 1. The fourth-order valence-corrected chi connectivity index (χ4v) is 4.18. The molecule has 5 heteroatoms. The molecule has 5 nitrogen and oxygen atoms in total. The second-order valence-electron chi connectivity index (χ2n) is 8.88. The van der Waals surface area contributed by atoms with Crippen LogP contribution >= 0.6 is 0 Å². The Morgan fingerprint density at radius 3 is 2.52 bits per heavy atom. The molecule has 2 heterocycles. The average molecular weight is 347 g/mol. The molecule has 1 aromatic rings. The summed E-state index contributed by atoms with van der Waals surface area (Å²) < 4.78 is 2.02. The van der Waals surface area contributed by atoms with Crippen molar-refractivity contribution in [1.29, 1.82) is 0 Å². The van der Waals surface area contributed by atoms with E-state index in [1.54, 1.807) is 6.20 Å². The second kappa shape index (κ2) is 7.10. The standard InChI is InChI=1S/C20H34N4O/c1-6-18-17(12-21-24(18)20(3,4)5)19(25)23-11-10-22(13-15(2)14-23)16-8-7-9-16/h12,15-16H,6-11,13-14H2,1-5H3. The van der Waals surface area contributed by atoms with Gasteiger partial charge in [0.25, 0.3) is 5.91 Å². The first-order valence-electron chi connectivity index (χ1n) is 9.92. The third-order valence-corrected chi connectivity index (χ3v) is 5.68. The molecule has 1 saturated heterocycles. The molecule has 140 valence electrons. The summed E-state index contributed by atoms with van der Waals surface area (Å²) in [5.41, 5.74) is 1.75. The predicted molar refractivity (Wildman–Crippen MR) is 101 cm³/mol. The van der Waals surface area contributed by atoms with E-state index in [1.165, 1.54) is 19.3 Å². The van der Waals surface area contributed by atoms with E-state index in [9.17, 15) is 4.79 Å². The van der Waals surface area contributed by atoms with Crippen LogP contribution in [0.15, 0.2) is 6.20 Å². The Hall–Kier alpha value is -1.36. The fraction of sp³-hybridized carbons (Fsp3) is 0.800. The smallest absolute Gasteiger partial charge is 0.257 e. The molecule has 2 aliphatic rings. The lowest BCUT2D eigenvalue weighted by atomic mass is 9.91. The summed E-state index contributed by atoms with van der Waals surface area (Å²) in [7, 11) is 0. The molecule has 1 amide bonds. The summed E-state index contributed by atoms with van der Waals surface area (Å²) in [6.45, 7) is 14.6. The molecule has 25 heavy (non-hydrogen) atoms. The molecule has 1 aliphatic heterocycles. The van der Waals surface area contributed by atoms with Gasteiger partial charge in [-0.15, -0.1) is 0 Å². The Bertz CT molecular complexity index is 612. The molecule has 1 unspecified atom stereocenters. The minimum atomic E-state index is -0.100. The molecule has 1 saturated carbocycles. The highest BCUT2D eigenvalue weighted by Crippen LogP contribution is 2.27. The first kappa shape index (κ1) is 18.4. The van der Waals surface area contributed by atoms with Crippen LogP contribution < -0.4 is 0 Å². The normalized spacial score (nSPS) is 23.4. The number of amides is 1. The van der Waals surface area contributed by atoms with Gasteiger partial charge >= 0.3 is 0 Å². The molecule has 1 aromatic heterocycles. The first-order valence-corrected chi connectivity index (χ1v) is 9.92. The molecule has 0 N–H and O–H groups in total. The lowest BCUT2D eigenvalue weighted by Gasteiger charge is -2.37. The fourth-order valence-electron chi connectivity index (χ4n) is 4.18. The zero-order chi connectivity index (χ0) is 18.2. The van der Waals surface area contributed by atoms with Crippen LogP contribution in [0.1, 0.15) is 69.9 Å². The molecule has 1 aliphatic carbocycles. The van der Waals surface area contributed by atoms with E-state index in [1.807, 2.05) is 4.68 Å². The monoisotopic (exact) mass is 346 g/mol. The SMILES string of the molecule is CCc1c(C(=O)N2CCN(C3CCC3)CC(C)C2)cnn1C(C)(C)C. The second-order valence-corrected chi connectivity index (χ2v) is 8.88. The number of hydrogen-bond donors (Lipinski definition) is 0. The van der Waals surface area contributed by atoms with Crippen molar-refractivity contribution in [3.8, 4) is 0 Å². The third kappa shape index (κ3) is 3.76. The van der Waals surface area contributed by atoms with Crippen molar-refractivity contribution in [3.63, 3.8) is 0 Å². The van der Waals surface area contributed by atoms with Gasteiger partial charge < -0.3 is 4.90 Å². The van der Waals surface area contributed by atoms with Crippen molar-refractivity contribution in [2.45, 2.75) is 71.9 Å². The summed E-state index contributed by atoms with van der Waals surface area (Å²) in [4.78, 5) is 17.9. The van der Waals surface area contributed by atoms with Gasteiger partial charge in [-0.05, 0) is 46.0 Å². The largest absolute Gasteiger partial charge is 0.337 e. The van der Waals surface area contributed by atoms with Gasteiger partial charge in [0.1, 0.15) is 0 Å². The van der Waals surface area contributed by atoms with Crippen LogP contribution in [0.4, 0.5) is 0 Å². The van der Waals surface area contributed by atoms with Crippen molar-refractivity contribution >= 4 is 5.91 Å². The van der Waals surface area contributed by atoms with Crippen LogP contribution in [0, 0.1) is 5.92 Å². The molecule has 3 rings (SSSR count). The topological polar surface area (TPSA) is 41.4 Å². The van der Waals surface area contributed by atoms with Gasteiger partial charge in [-0.3, -0.25) is 14.4 Å². The Balaban J connectivity index is 1.77. The quantitative estimate of drug-likeness (QED) is 0.844. The van der Waals surface area contributed by atoms with E-state index in [-0.39, 0.29) is 11.4 Å². The molecule has 0 aromatic carbocycles. The molecule has 0 spiro atoms. The van der Waals surface area contributed by atoms with Crippen molar-refractivity contribution < 1.29 is 4.79 Å². The zero-order valence-corrected chi connectivity index (χ0v) is 16.6. The van der Waals surface area contributed by atoms with E-state index in [4.69, 9.17) is 0 Å². The average Bonchev–Trinajstić information content (AvgIpc) is 2.83. The highest BCUT2D eigenvalue weighted by Gasteiger charge is 2.32. The van der Waals surface area contributed by atoms with Crippen LogP contribution in [0.5, 0.6) is 0 Å². The van der Waals surface area contributed by atoms with Crippen molar-refractivity contribution in [1.82, 2.24) is 19.6 Å². The Labute approximate surface area is 152 Å². The number of nitrogens with zero attached hydrogens (tertiary/aromatic N) is 4. The minimum Gasteiger partial charge on any atom is -0.337 e.